The summed E-state index contributed by atoms with van der Waals surface area (Å²) in [4.78, 5) is 27.7. The zero-order chi connectivity index (χ0) is 26.9. The Labute approximate surface area is 230 Å². The van der Waals surface area contributed by atoms with E-state index in [1.807, 2.05) is 48.6 Å². The van der Waals surface area contributed by atoms with Crippen molar-refractivity contribution in [3.05, 3.63) is 72.1 Å². The quantitative estimate of drug-likeness (QED) is 0.383. The van der Waals surface area contributed by atoms with Gasteiger partial charge in [-0.05, 0) is 67.4 Å². The van der Waals surface area contributed by atoms with Crippen molar-refractivity contribution < 1.29 is 9.53 Å². The molecule has 0 radical (unpaired) electrons. The minimum atomic E-state index is 0.0479. The zero-order valence-corrected chi connectivity index (χ0v) is 23.1. The molecule has 7 heteroatoms. The summed E-state index contributed by atoms with van der Waals surface area (Å²) in [5.41, 5.74) is 8.58. The van der Waals surface area contributed by atoms with Crippen LogP contribution in [0.4, 0.5) is 5.69 Å². The summed E-state index contributed by atoms with van der Waals surface area (Å²) in [6.45, 7) is 8.79. The maximum Gasteiger partial charge on any atom is 0.253 e. The van der Waals surface area contributed by atoms with Gasteiger partial charge in [0, 0.05) is 92.5 Å². The van der Waals surface area contributed by atoms with E-state index in [2.05, 4.69) is 53.0 Å². The fourth-order valence-electron chi connectivity index (χ4n) is 5.85. The first-order valence-corrected chi connectivity index (χ1v) is 13.9. The second-order valence-corrected chi connectivity index (χ2v) is 11.1. The Hall–Kier alpha value is -3.68. The maximum absolute atomic E-state index is 13.0. The molecule has 2 aromatic carbocycles. The van der Waals surface area contributed by atoms with Crippen molar-refractivity contribution in [1.29, 1.82) is 0 Å². The van der Waals surface area contributed by atoms with Gasteiger partial charge >= 0.3 is 0 Å². The number of nitrogens with one attached hydrogen (secondary N) is 1. The zero-order valence-electron chi connectivity index (χ0n) is 23.1. The normalized spacial score (nSPS) is 18.1. The molecule has 39 heavy (non-hydrogen) atoms. The van der Waals surface area contributed by atoms with Gasteiger partial charge in [0.2, 0.25) is 0 Å². The Morgan fingerprint density at radius 3 is 2.54 bits per heavy atom. The van der Waals surface area contributed by atoms with Crippen molar-refractivity contribution in [2.24, 2.45) is 5.92 Å². The summed E-state index contributed by atoms with van der Waals surface area (Å²) in [6, 6.07) is 16.9. The van der Waals surface area contributed by atoms with Crippen LogP contribution in [0.15, 0.2) is 60.9 Å². The third-order valence-corrected chi connectivity index (χ3v) is 8.25. The predicted molar refractivity (Wildman–Crippen MR) is 157 cm³/mol. The number of aromatic nitrogens is 2. The van der Waals surface area contributed by atoms with E-state index in [1.54, 1.807) is 0 Å². The van der Waals surface area contributed by atoms with Gasteiger partial charge in [-0.3, -0.25) is 4.79 Å². The second-order valence-electron chi connectivity index (χ2n) is 11.1. The van der Waals surface area contributed by atoms with Crippen LogP contribution in [0.3, 0.4) is 0 Å². The molecule has 0 aliphatic carbocycles. The van der Waals surface area contributed by atoms with E-state index < -0.39 is 0 Å². The molecule has 0 spiro atoms. The molecule has 1 N–H and O–H groups in total. The minimum Gasteiger partial charge on any atom is -0.381 e. The van der Waals surface area contributed by atoms with Crippen molar-refractivity contribution in [2.75, 3.05) is 64.9 Å². The van der Waals surface area contributed by atoms with Crippen LogP contribution in [0.5, 0.6) is 0 Å². The number of piperazine rings is 1. The van der Waals surface area contributed by atoms with E-state index >= 15 is 0 Å². The molecule has 0 bridgehead atoms. The van der Waals surface area contributed by atoms with E-state index in [-0.39, 0.29) is 5.91 Å². The first kappa shape index (κ1) is 25.6. The molecule has 2 saturated heterocycles. The number of anilines is 1. The van der Waals surface area contributed by atoms with Crippen molar-refractivity contribution in [3.63, 3.8) is 0 Å². The molecule has 202 valence electrons. The molecule has 1 unspecified atom stereocenters. The Balaban J connectivity index is 1.22. The number of hydrogen-bond donors (Lipinski definition) is 1. The van der Waals surface area contributed by atoms with Gasteiger partial charge < -0.3 is 24.4 Å². The van der Waals surface area contributed by atoms with E-state index in [0.717, 1.165) is 80.1 Å². The highest BCUT2D eigenvalue weighted by Gasteiger charge is 2.21. The van der Waals surface area contributed by atoms with E-state index in [4.69, 9.17) is 9.72 Å². The number of amides is 1. The third kappa shape index (κ3) is 5.29. The number of nitrogens with zero attached hydrogens (tertiary/aromatic N) is 4. The summed E-state index contributed by atoms with van der Waals surface area (Å²) in [6.07, 6.45) is 4.97. The third-order valence-electron chi connectivity index (χ3n) is 8.25. The van der Waals surface area contributed by atoms with Gasteiger partial charge in [-0.2, -0.15) is 0 Å². The molecule has 6 rings (SSSR count). The number of carbonyl (C=O) groups is 1. The van der Waals surface area contributed by atoms with Crippen LogP contribution in [-0.2, 0) is 4.74 Å². The number of benzene rings is 2. The summed E-state index contributed by atoms with van der Waals surface area (Å²) in [5, 5.41) is 1.07. The number of aryl methyl sites for hydroxylation is 1. The van der Waals surface area contributed by atoms with E-state index in [0.29, 0.717) is 11.5 Å². The lowest BCUT2D eigenvalue weighted by Gasteiger charge is -2.35. The smallest absolute Gasteiger partial charge is 0.253 e. The average molecular weight is 524 g/mol. The van der Waals surface area contributed by atoms with Crippen molar-refractivity contribution >= 4 is 22.6 Å². The van der Waals surface area contributed by atoms with Crippen LogP contribution in [0.25, 0.3) is 33.3 Å². The van der Waals surface area contributed by atoms with Crippen LogP contribution < -0.4 is 4.90 Å². The number of pyridine rings is 1. The number of rotatable bonds is 6. The topological polar surface area (TPSA) is 64.7 Å². The van der Waals surface area contributed by atoms with Crippen LogP contribution in [0, 0.1) is 12.8 Å². The molecular formula is C32H37N5O2. The van der Waals surface area contributed by atoms with Gasteiger partial charge in [-0.25, -0.2) is 4.98 Å². The van der Waals surface area contributed by atoms with Crippen molar-refractivity contribution in [1.82, 2.24) is 19.8 Å². The molecule has 1 atom stereocenters. The molecule has 0 saturated carbocycles. The maximum atomic E-state index is 13.0. The minimum absolute atomic E-state index is 0.0479. The average Bonchev–Trinajstić information content (AvgIpc) is 3.63. The van der Waals surface area contributed by atoms with Gasteiger partial charge in [0.25, 0.3) is 5.91 Å². The van der Waals surface area contributed by atoms with Gasteiger partial charge in [0.05, 0.1) is 6.61 Å². The Bertz CT molecular complexity index is 1460. The second kappa shape index (κ2) is 10.8. The number of likely N-dealkylation sites (N-methyl/N-ethyl adjacent to an activating group) is 1. The fourth-order valence-corrected chi connectivity index (χ4v) is 5.85. The van der Waals surface area contributed by atoms with E-state index in [9.17, 15) is 4.79 Å². The molecule has 4 aromatic rings. The molecule has 4 heterocycles. The fraction of sp³-hybridized carbons (Fsp3) is 0.375. The Kier molecular flexibility index (Phi) is 7.11. The molecule has 1 amide bonds. The lowest BCUT2D eigenvalue weighted by Crippen LogP contribution is -2.44. The number of hydrogen-bond acceptors (Lipinski definition) is 5. The van der Waals surface area contributed by atoms with Crippen LogP contribution in [-0.4, -0.2) is 85.7 Å². The predicted octanol–water partition coefficient (Wildman–Crippen LogP) is 5.07. The number of aromatic amines is 1. The monoisotopic (exact) mass is 523 g/mol. The SMILES string of the molecule is Cc1cc(-c2cnc3[nH]cc(-c4ccc(C(=O)N(C)CC5CCOC5)cc4)c3c2)ccc1N1CCN(C)CC1. The summed E-state index contributed by atoms with van der Waals surface area (Å²) in [7, 11) is 4.06. The van der Waals surface area contributed by atoms with Crippen LogP contribution in [0.1, 0.15) is 22.3 Å². The molecule has 2 fully saturated rings. The van der Waals surface area contributed by atoms with Gasteiger partial charge in [0.15, 0.2) is 0 Å². The van der Waals surface area contributed by atoms with Crippen molar-refractivity contribution in [2.45, 2.75) is 13.3 Å². The molecule has 7 nitrogen and oxygen atoms in total. The Morgan fingerprint density at radius 1 is 1.05 bits per heavy atom. The van der Waals surface area contributed by atoms with E-state index in [1.165, 1.54) is 16.8 Å². The molecule has 2 aliphatic heterocycles. The summed E-state index contributed by atoms with van der Waals surface area (Å²) >= 11 is 0. The number of ether oxygens (including phenoxy) is 1. The highest BCUT2D eigenvalue weighted by molar-refractivity contribution is 5.98. The summed E-state index contributed by atoms with van der Waals surface area (Å²) < 4.78 is 5.46. The van der Waals surface area contributed by atoms with Crippen molar-refractivity contribution in [3.8, 4) is 22.3 Å². The number of H-pyrrole nitrogens is 1. The standard InChI is InChI=1S/C32H37N5O2/c1-22-16-26(8-9-30(22)37-13-11-35(2)12-14-37)27-17-28-29(19-34-31(28)33-18-27)24-4-6-25(7-5-24)32(38)36(3)20-23-10-15-39-21-23/h4-9,16-19,23H,10-15,20-21H2,1-3H3,(H,33,34). The molecule has 2 aliphatic rings. The number of fused-ring (bicyclic) bond motifs is 1. The Morgan fingerprint density at radius 2 is 1.82 bits per heavy atom. The lowest BCUT2D eigenvalue weighted by atomic mass is 9.99. The van der Waals surface area contributed by atoms with Crippen LogP contribution in [0.2, 0.25) is 0 Å². The lowest BCUT2D eigenvalue weighted by molar-refractivity contribution is 0.0766. The van der Waals surface area contributed by atoms with Gasteiger partial charge in [-0.15, -0.1) is 0 Å². The van der Waals surface area contributed by atoms with Gasteiger partial charge in [-0.1, -0.05) is 18.2 Å². The molecule has 2 aromatic heterocycles. The highest BCUT2D eigenvalue weighted by Crippen LogP contribution is 2.33. The number of carbonyl (C=O) groups excluding carboxylic acids is 1. The first-order chi connectivity index (χ1) is 19.0. The molecular weight excluding hydrogens is 486 g/mol. The van der Waals surface area contributed by atoms with Crippen LogP contribution >= 0.6 is 0 Å². The highest BCUT2D eigenvalue weighted by atomic mass is 16.5. The summed E-state index contributed by atoms with van der Waals surface area (Å²) in [5.74, 6) is 0.477. The first-order valence-electron chi connectivity index (χ1n) is 13.9. The largest absolute Gasteiger partial charge is 0.381 e. The van der Waals surface area contributed by atoms with Gasteiger partial charge in [0.1, 0.15) is 5.65 Å².